The van der Waals surface area contributed by atoms with Crippen molar-refractivity contribution in [3.8, 4) is 12.1 Å². The standard InChI is InChI=1S/C25H25N5S/c1-5-30(16-18(3)20-9-7-6-8-10-20)21-11-12-23(17(2)13-21)28-29-25-22(14-26)19(4)24(15-27)31-25/h6-13,18H,5,16H2,1-4H3. The first kappa shape index (κ1) is 22.2. The number of nitriles is 2. The molecular formula is C25H25N5S. The summed E-state index contributed by atoms with van der Waals surface area (Å²) < 4.78 is 0. The summed E-state index contributed by atoms with van der Waals surface area (Å²) in [5.41, 5.74) is 5.34. The Balaban J connectivity index is 1.80. The first-order chi connectivity index (χ1) is 15.0. The molecule has 1 unspecified atom stereocenters. The number of hydrogen-bond donors (Lipinski definition) is 0. The number of anilines is 1. The fourth-order valence-electron chi connectivity index (χ4n) is 3.49. The molecule has 1 atom stereocenters. The molecule has 1 heterocycles. The third-order valence-corrected chi connectivity index (χ3v) is 6.46. The largest absolute Gasteiger partial charge is 0.371 e. The predicted molar refractivity (Wildman–Crippen MR) is 127 cm³/mol. The van der Waals surface area contributed by atoms with Gasteiger partial charge in [-0.15, -0.1) is 21.6 Å². The molecule has 0 saturated heterocycles. The van der Waals surface area contributed by atoms with Crippen LogP contribution in [-0.2, 0) is 0 Å². The quantitative estimate of drug-likeness (QED) is 0.376. The van der Waals surface area contributed by atoms with Crippen molar-refractivity contribution >= 4 is 27.7 Å². The third-order valence-electron chi connectivity index (χ3n) is 5.38. The minimum atomic E-state index is 0.418. The zero-order valence-corrected chi connectivity index (χ0v) is 19.1. The lowest BCUT2D eigenvalue weighted by molar-refractivity contribution is 0.702. The lowest BCUT2D eigenvalue weighted by Crippen LogP contribution is -2.27. The molecule has 3 aromatic rings. The van der Waals surface area contributed by atoms with Crippen LogP contribution in [0.2, 0.25) is 0 Å². The highest BCUT2D eigenvalue weighted by Crippen LogP contribution is 2.36. The van der Waals surface area contributed by atoms with Crippen LogP contribution in [0.15, 0.2) is 58.8 Å². The number of benzene rings is 2. The summed E-state index contributed by atoms with van der Waals surface area (Å²) >= 11 is 1.20. The Hall–Kier alpha value is -3.48. The van der Waals surface area contributed by atoms with Gasteiger partial charge in [0.25, 0.3) is 0 Å². The van der Waals surface area contributed by atoms with Gasteiger partial charge in [-0.1, -0.05) is 37.3 Å². The Morgan fingerprint density at radius 2 is 1.77 bits per heavy atom. The van der Waals surface area contributed by atoms with E-state index in [1.54, 1.807) is 6.92 Å². The topological polar surface area (TPSA) is 75.5 Å². The normalized spacial score (nSPS) is 11.8. The molecular weight excluding hydrogens is 402 g/mol. The van der Waals surface area contributed by atoms with Gasteiger partial charge in [-0.2, -0.15) is 10.5 Å². The maximum atomic E-state index is 9.38. The van der Waals surface area contributed by atoms with Gasteiger partial charge in [0, 0.05) is 18.8 Å². The first-order valence-electron chi connectivity index (χ1n) is 10.2. The van der Waals surface area contributed by atoms with Crippen LogP contribution in [0.4, 0.5) is 16.4 Å². The predicted octanol–water partition coefficient (Wildman–Crippen LogP) is 7.15. The smallest absolute Gasteiger partial charge is 0.158 e. The second-order valence-electron chi connectivity index (χ2n) is 7.48. The summed E-state index contributed by atoms with van der Waals surface area (Å²) in [5, 5.41) is 27.7. The molecule has 6 heteroatoms. The number of rotatable bonds is 7. The molecule has 0 fully saturated rings. The lowest BCUT2D eigenvalue weighted by Gasteiger charge is -2.27. The van der Waals surface area contributed by atoms with Crippen LogP contribution < -0.4 is 4.90 Å². The Morgan fingerprint density at radius 3 is 2.39 bits per heavy atom. The number of thiophene rings is 1. The van der Waals surface area contributed by atoms with Crippen molar-refractivity contribution in [2.75, 3.05) is 18.0 Å². The monoisotopic (exact) mass is 427 g/mol. The minimum absolute atomic E-state index is 0.418. The van der Waals surface area contributed by atoms with Gasteiger partial charge in [0.15, 0.2) is 5.00 Å². The second kappa shape index (κ2) is 10.0. The number of azo groups is 1. The van der Waals surface area contributed by atoms with Crippen molar-refractivity contribution in [3.63, 3.8) is 0 Å². The van der Waals surface area contributed by atoms with Crippen LogP contribution in [0, 0.1) is 36.5 Å². The van der Waals surface area contributed by atoms with Crippen molar-refractivity contribution in [2.24, 2.45) is 10.2 Å². The number of hydrogen-bond acceptors (Lipinski definition) is 6. The average Bonchev–Trinajstić information content (AvgIpc) is 3.11. The van der Waals surface area contributed by atoms with Gasteiger partial charge in [-0.3, -0.25) is 0 Å². The molecule has 0 bridgehead atoms. The summed E-state index contributed by atoms with van der Waals surface area (Å²) in [6.07, 6.45) is 0. The van der Waals surface area contributed by atoms with Crippen LogP contribution in [0.1, 0.15) is 46.9 Å². The molecule has 31 heavy (non-hydrogen) atoms. The Morgan fingerprint density at radius 1 is 1.03 bits per heavy atom. The van der Waals surface area contributed by atoms with E-state index in [1.807, 2.05) is 19.1 Å². The van der Waals surface area contributed by atoms with Crippen LogP contribution in [0.3, 0.4) is 0 Å². The van der Waals surface area contributed by atoms with Gasteiger partial charge in [-0.05, 0) is 61.6 Å². The summed E-state index contributed by atoms with van der Waals surface area (Å²) in [6, 6.07) is 20.9. The van der Waals surface area contributed by atoms with E-state index in [-0.39, 0.29) is 0 Å². The van der Waals surface area contributed by atoms with Crippen molar-refractivity contribution in [1.82, 2.24) is 0 Å². The fraction of sp³-hybridized carbons (Fsp3) is 0.280. The van der Waals surface area contributed by atoms with Crippen LogP contribution >= 0.6 is 11.3 Å². The van der Waals surface area contributed by atoms with Gasteiger partial charge in [0.2, 0.25) is 0 Å². The molecule has 0 radical (unpaired) electrons. The van der Waals surface area contributed by atoms with Crippen molar-refractivity contribution < 1.29 is 0 Å². The van der Waals surface area contributed by atoms with Crippen molar-refractivity contribution in [2.45, 2.75) is 33.6 Å². The van der Waals surface area contributed by atoms with E-state index in [4.69, 9.17) is 0 Å². The van der Waals surface area contributed by atoms with Gasteiger partial charge >= 0.3 is 0 Å². The lowest BCUT2D eigenvalue weighted by atomic mass is 10.0. The number of aryl methyl sites for hydroxylation is 1. The summed E-state index contributed by atoms with van der Waals surface area (Å²) in [5.74, 6) is 0.418. The molecule has 0 spiro atoms. The molecule has 2 aromatic carbocycles. The van der Waals surface area contributed by atoms with Gasteiger partial charge < -0.3 is 4.90 Å². The van der Waals surface area contributed by atoms with E-state index < -0.39 is 0 Å². The van der Waals surface area contributed by atoms with E-state index in [1.165, 1.54) is 16.9 Å². The SMILES string of the molecule is CCN(CC(C)c1ccccc1)c1ccc(N=Nc2sc(C#N)c(C)c2C#N)c(C)c1. The molecule has 0 aliphatic carbocycles. The van der Waals surface area contributed by atoms with E-state index in [0.29, 0.717) is 26.9 Å². The third kappa shape index (κ3) is 4.99. The molecule has 3 rings (SSSR count). The summed E-state index contributed by atoms with van der Waals surface area (Å²) in [4.78, 5) is 2.87. The summed E-state index contributed by atoms with van der Waals surface area (Å²) in [7, 11) is 0. The van der Waals surface area contributed by atoms with Gasteiger partial charge in [-0.25, -0.2) is 0 Å². The van der Waals surface area contributed by atoms with Crippen LogP contribution in [0.25, 0.3) is 0 Å². The zero-order valence-electron chi connectivity index (χ0n) is 18.3. The summed E-state index contributed by atoms with van der Waals surface area (Å²) in [6.45, 7) is 10.0. The highest BCUT2D eigenvalue weighted by molar-refractivity contribution is 7.16. The average molecular weight is 428 g/mol. The molecule has 156 valence electrons. The Labute approximate surface area is 187 Å². The van der Waals surface area contributed by atoms with Gasteiger partial charge in [0.05, 0.1) is 11.3 Å². The van der Waals surface area contributed by atoms with Crippen LogP contribution in [-0.4, -0.2) is 13.1 Å². The van der Waals surface area contributed by atoms with Crippen LogP contribution in [0.5, 0.6) is 0 Å². The molecule has 0 amide bonds. The molecule has 0 aliphatic rings. The first-order valence-corrected chi connectivity index (χ1v) is 11.1. The molecule has 5 nitrogen and oxygen atoms in total. The maximum absolute atomic E-state index is 9.38. The number of nitrogens with zero attached hydrogens (tertiary/aromatic N) is 5. The molecule has 0 N–H and O–H groups in total. The zero-order chi connectivity index (χ0) is 22.4. The second-order valence-corrected chi connectivity index (χ2v) is 8.48. The van der Waals surface area contributed by atoms with E-state index in [9.17, 15) is 10.5 Å². The van der Waals surface area contributed by atoms with E-state index in [2.05, 4.69) is 77.5 Å². The van der Waals surface area contributed by atoms with Crippen molar-refractivity contribution in [3.05, 3.63) is 75.7 Å². The molecule has 1 aromatic heterocycles. The minimum Gasteiger partial charge on any atom is -0.371 e. The highest BCUT2D eigenvalue weighted by atomic mass is 32.1. The Bertz CT molecular complexity index is 1170. The molecule has 0 saturated carbocycles. The maximum Gasteiger partial charge on any atom is 0.158 e. The van der Waals surface area contributed by atoms with Gasteiger partial charge in [0.1, 0.15) is 17.0 Å². The van der Waals surface area contributed by atoms with Crippen molar-refractivity contribution in [1.29, 1.82) is 10.5 Å². The molecule has 0 aliphatic heterocycles. The van der Waals surface area contributed by atoms with E-state index in [0.717, 1.165) is 30.0 Å². The highest BCUT2D eigenvalue weighted by Gasteiger charge is 2.15. The Kier molecular flexibility index (Phi) is 7.18. The number of likely N-dealkylation sites (N-methyl/N-ethyl adjacent to an activating group) is 1. The van der Waals surface area contributed by atoms with E-state index >= 15 is 0 Å². The fourth-order valence-corrected chi connectivity index (χ4v) is 4.37.